The molecule has 1 aliphatic heterocycles. The Labute approximate surface area is 160 Å². The molecule has 1 atom stereocenters. The van der Waals surface area contributed by atoms with E-state index in [1.54, 1.807) is 0 Å². The Balaban J connectivity index is 1.59. The summed E-state index contributed by atoms with van der Waals surface area (Å²) in [6.45, 7) is 6.95. The summed E-state index contributed by atoms with van der Waals surface area (Å²) in [6, 6.07) is 10.8. The van der Waals surface area contributed by atoms with Crippen LogP contribution in [0.25, 0.3) is 0 Å². The number of aliphatic imine (C=N–C) groups is 1. The van der Waals surface area contributed by atoms with E-state index in [0.29, 0.717) is 6.04 Å². The Morgan fingerprint density at radius 1 is 1.23 bits per heavy atom. The van der Waals surface area contributed by atoms with Crippen molar-refractivity contribution in [2.45, 2.75) is 32.2 Å². The summed E-state index contributed by atoms with van der Waals surface area (Å²) in [5.74, 6) is 0.893. The number of rotatable bonds is 8. The lowest BCUT2D eigenvalue weighted by molar-refractivity contribution is 0.255. The van der Waals surface area contributed by atoms with Crippen molar-refractivity contribution >= 4 is 17.3 Å². The molecule has 1 aliphatic rings. The van der Waals surface area contributed by atoms with Crippen molar-refractivity contribution in [2.24, 2.45) is 4.99 Å². The molecule has 0 aromatic carbocycles. The largest absolute Gasteiger partial charge is 0.357 e. The van der Waals surface area contributed by atoms with Crippen molar-refractivity contribution in [3.63, 3.8) is 0 Å². The van der Waals surface area contributed by atoms with Gasteiger partial charge < -0.3 is 10.6 Å². The molecule has 26 heavy (non-hydrogen) atoms. The van der Waals surface area contributed by atoms with Gasteiger partial charge in [-0.3, -0.25) is 14.9 Å². The average Bonchev–Trinajstić information content (AvgIpc) is 3.37. The molecule has 6 heteroatoms. The van der Waals surface area contributed by atoms with Crippen LogP contribution in [0.4, 0.5) is 0 Å². The number of nitrogens with one attached hydrogen (secondary N) is 2. The zero-order valence-corrected chi connectivity index (χ0v) is 16.3. The van der Waals surface area contributed by atoms with Crippen LogP contribution >= 0.6 is 11.3 Å². The van der Waals surface area contributed by atoms with Crippen molar-refractivity contribution in [3.8, 4) is 0 Å². The molecule has 0 bridgehead atoms. The molecule has 2 aromatic heterocycles. The van der Waals surface area contributed by atoms with Crippen molar-refractivity contribution in [3.05, 3.63) is 52.5 Å². The Hall–Kier alpha value is -1.92. The van der Waals surface area contributed by atoms with Gasteiger partial charge in [0.25, 0.3) is 0 Å². The zero-order valence-electron chi connectivity index (χ0n) is 15.5. The quantitative estimate of drug-likeness (QED) is 0.553. The smallest absolute Gasteiger partial charge is 0.191 e. The molecular weight excluding hydrogens is 342 g/mol. The number of hydrogen-bond donors (Lipinski definition) is 2. The van der Waals surface area contributed by atoms with Crippen molar-refractivity contribution < 1.29 is 0 Å². The van der Waals surface area contributed by atoms with E-state index in [0.717, 1.165) is 37.7 Å². The molecule has 0 amide bonds. The summed E-state index contributed by atoms with van der Waals surface area (Å²) in [6.07, 6.45) is 5.34. The van der Waals surface area contributed by atoms with E-state index in [1.807, 2.05) is 29.7 Å². The van der Waals surface area contributed by atoms with Gasteiger partial charge in [-0.1, -0.05) is 12.1 Å². The summed E-state index contributed by atoms with van der Waals surface area (Å²) < 4.78 is 0. The third-order valence-corrected chi connectivity index (χ3v) is 5.59. The van der Waals surface area contributed by atoms with Crippen LogP contribution in [0.1, 0.15) is 36.4 Å². The highest BCUT2D eigenvalue weighted by Gasteiger charge is 2.24. The van der Waals surface area contributed by atoms with Gasteiger partial charge in [0.1, 0.15) is 0 Å². The molecule has 140 valence electrons. The molecule has 1 unspecified atom stereocenters. The van der Waals surface area contributed by atoms with E-state index in [4.69, 9.17) is 4.99 Å². The minimum absolute atomic E-state index is 0.392. The normalized spacial score (nSPS) is 16.6. The number of hydrogen-bond acceptors (Lipinski definition) is 4. The van der Waals surface area contributed by atoms with E-state index < -0.39 is 0 Å². The number of thiophene rings is 1. The van der Waals surface area contributed by atoms with Gasteiger partial charge in [0, 0.05) is 36.3 Å². The zero-order chi connectivity index (χ0) is 18.0. The Kier molecular flexibility index (Phi) is 7.46. The van der Waals surface area contributed by atoms with Gasteiger partial charge in [0.15, 0.2) is 5.96 Å². The van der Waals surface area contributed by atoms with Gasteiger partial charge in [-0.05, 0) is 56.4 Å². The minimum atomic E-state index is 0.392. The SMILES string of the molecule is CCNC(=NCC(c1cccs1)N1CCCC1)NCCc1ccccn1. The maximum atomic E-state index is 4.88. The maximum Gasteiger partial charge on any atom is 0.191 e. The Morgan fingerprint density at radius 2 is 2.12 bits per heavy atom. The summed E-state index contributed by atoms with van der Waals surface area (Å²) in [5.41, 5.74) is 1.10. The van der Waals surface area contributed by atoms with Gasteiger partial charge in [0.2, 0.25) is 0 Å². The number of aromatic nitrogens is 1. The van der Waals surface area contributed by atoms with Gasteiger partial charge in [0.05, 0.1) is 12.6 Å². The lowest BCUT2D eigenvalue weighted by atomic mass is 10.2. The second kappa shape index (κ2) is 10.3. The fraction of sp³-hybridized carbons (Fsp3) is 0.500. The maximum absolute atomic E-state index is 4.88. The fourth-order valence-electron chi connectivity index (χ4n) is 3.29. The first-order valence-corrected chi connectivity index (χ1v) is 10.4. The number of guanidine groups is 1. The molecule has 3 rings (SSSR count). The number of pyridine rings is 1. The Bertz CT molecular complexity index is 650. The molecule has 0 aliphatic carbocycles. The first-order chi connectivity index (χ1) is 12.9. The van der Waals surface area contributed by atoms with E-state index in [1.165, 1.54) is 30.8 Å². The molecule has 1 saturated heterocycles. The molecule has 5 nitrogen and oxygen atoms in total. The predicted octanol–water partition coefficient (Wildman–Crippen LogP) is 3.08. The first kappa shape index (κ1) is 18.9. The fourth-order valence-corrected chi connectivity index (χ4v) is 4.15. The van der Waals surface area contributed by atoms with Gasteiger partial charge >= 0.3 is 0 Å². The summed E-state index contributed by atoms with van der Waals surface area (Å²) in [5, 5.41) is 8.97. The third-order valence-electron chi connectivity index (χ3n) is 4.62. The highest BCUT2D eigenvalue weighted by molar-refractivity contribution is 7.10. The van der Waals surface area contributed by atoms with E-state index in [-0.39, 0.29) is 0 Å². The predicted molar refractivity (Wildman–Crippen MR) is 110 cm³/mol. The van der Waals surface area contributed by atoms with Crippen LogP contribution in [0.3, 0.4) is 0 Å². The van der Waals surface area contributed by atoms with Crippen LogP contribution in [0.2, 0.25) is 0 Å². The standard InChI is InChI=1S/C20H29N5S/c1-2-21-20(23-12-10-17-8-3-4-11-22-17)24-16-18(19-9-7-15-26-19)25-13-5-6-14-25/h3-4,7-9,11,15,18H,2,5-6,10,12-14,16H2,1H3,(H2,21,23,24). The van der Waals surface area contributed by atoms with Crippen LogP contribution in [0.5, 0.6) is 0 Å². The topological polar surface area (TPSA) is 52.6 Å². The molecule has 0 spiro atoms. The van der Waals surface area contributed by atoms with Gasteiger partial charge in [-0.25, -0.2) is 0 Å². The van der Waals surface area contributed by atoms with Crippen LogP contribution < -0.4 is 10.6 Å². The minimum Gasteiger partial charge on any atom is -0.357 e. The molecule has 3 heterocycles. The highest BCUT2D eigenvalue weighted by Crippen LogP contribution is 2.28. The molecule has 0 saturated carbocycles. The van der Waals surface area contributed by atoms with E-state index in [9.17, 15) is 0 Å². The molecule has 1 fully saturated rings. The van der Waals surface area contributed by atoms with Crippen molar-refractivity contribution in [2.75, 3.05) is 32.7 Å². The summed E-state index contributed by atoms with van der Waals surface area (Å²) in [7, 11) is 0. The number of likely N-dealkylation sites (tertiary alicyclic amines) is 1. The molecular formula is C20H29N5S. The Morgan fingerprint density at radius 3 is 2.81 bits per heavy atom. The first-order valence-electron chi connectivity index (χ1n) is 9.56. The summed E-state index contributed by atoms with van der Waals surface area (Å²) >= 11 is 1.84. The lowest BCUT2D eigenvalue weighted by Crippen LogP contribution is -2.39. The number of nitrogens with zero attached hydrogens (tertiary/aromatic N) is 3. The third kappa shape index (κ3) is 5.54. The van der Waals surface area contributed by atoms with Crippen molar-refractivity contribution in [1.29, 1.82) is 0 Å². The van der Waals surface area contributed by atoms with E-state index in [2.05, 4.69) is 51.0 Å². The summed E-state index contributed by atoms with van der Waals surface area (Å²) in [4.78, 5) is 13.3. The van der Waals surface area contributed by atoms with Gasteiger partial charge in [-0.15, -0.1) is 11.3 Å². The lowest BCUT2D eigenvalue weighted by Gasteiger charge is -2.25. The highest BCUT2D eigenvalue weighted by atomic mass is 32.1. The van der Waals surface area contributed by atoms with Crippen LogP contribution in [-0.2, 0) is 6.42 Å². The second-order valence-corrected chi connectivity index (χ2v) is 7.47. The van der Waals surface area contributed by atoms with Crippen LogP contribution in [0.15, 0.2) is 46.9 Å². The monoisotopic (exact) mass is 371 g/mol. The second-order valence-electron chi connectivity index (χ2n) is 6.49. The molecule has 2 N–H and O–H groups in total. The van der Waals surface area contributed by atoms with E-state index >= 15 is 0 Å². The van der Waals surface area contributed by atoms with Gasteiger partial charge in [-0.2, -0.15) is 0 Å². The molecule has 0 radical (unpaired) electrons. The molecule has 2 aromatic rings. The van der Waals surface area contributed by atoms with Crippen molar-refractivity contribution in [1.82, 2.24) is 20.5 Å². The van der Waals surface area contributed by atoms with Crippen LogP contribution in [-0.4, -0.2) is 48.6 Å². The van der Waals surface area contributed by atoms with Crippen LogP contribution in [0, 0.1) is 0 Å². The average molecular weight is 372 g/mol.